The van der Waals surface area contributed by atoms with Crippen molar-refractivity contribution in [1.82, 2.24) is 0 Å². The largest absolute Gasteiger partial charge is 0.497 e. The molecule has 0 saturated carbocycles. The monoisotopic (exact) mass is 271 g/mol. The van der Waals surface area contributed by atoms with Crippen LogP contribution in [0.25, 0.3) is 0 Å². The van der Waals surface area contributed by atoms with E-state index in [0.29, 0.717) is 17.0 Å². The lowest BCUT2D eigenvalue weighted by atomic mass is 10.1. The van der Waals surface area contributed by atoms with E-state index >= 15 is 0 Å². The molecule has 0 bridgehead atoms. The number of allylic oxidation sites excluding steroid dienone is 1. The van der Waals surface area contributed by atoms with Crippen molar-refractivity contribution in [3.63, 3.8) is 0 Å². The molecule has 0 aromatic heterocycles. The van der Waals surface area contributed by atoms with Gasteiger partial charge in [-0.25, -0.2) is 4.39 Å². The van der Waals surface area contributed by atoms with Gasteiger partial charge < -0.3 is 10.1 Å². The standard InChI is InChI=1S/C16H14FNO2/c1-20-15-4-2-3-12(11-15)16(19)9-10-18-14-7-5-13(17)6-8-14/h2-11,18H,1H3/b10-9+. The van der Waals surface area contributed by atoms with Crippen LogP contribution in [-0.2, 0) is 0 Å². The Labute approximate surface area is 116 Å². The maximum Gasteiger partial charge on any atom is 0.187 e. The summed E-state index contributed by atoms with van der Waals surface area (Å²) in [6.45, 7) is 0. The predicted octanol–water partition coefficient (Wildman–Crippen LogP) is 3.64. The number of carbonyl (C=O) groups is 1. The normalized spacial score (nSPS) is 10.5. The van der Waals surface area contributed by atoms with E-state index in [4.69, 9.17) is 4.74 Å². The minimum atomic E-state index is -0.299. The second-order valence-corrected chi connectivity index (χ2v) is 4.08. The van der Waals surface area contributed by atoms with Crippen LogP contribution in [0.3, 0.4) is 0 Å². The zero-order chi connectivity index (χ0) is 14.4. The third kappa shape index (κ3) is 3.68. The molecular weight excluding hydrogens is 257 g/mol. The van der Waals surface area contributed by atoms with Gasteiger partial charge in [0.2, 0.25) is 0 Å². The summed E-state index contributed by atoms with van der Waals surface area (Å²) in [5, 5.41) is 2.90. The van der Waals surface area contributed by atoms with E-state index < -0.39 is 0 Å². The van der Waals surface area contributed by atoms with Crippen molar-refractivity contribution in [3.8, 4) is 5.75 Å². The highest BCUT2D eigenvalue weighted by molar-refractivity contribution is 6.04. The first-order valence-electron chi connectivity index (χ1n) is 6.06. The van der Waals surface area contributed by atoms with Crippen LogP contribution in [0.5, 0.6) is 5.75 Å². The zero-order valence-electron chi connectivity index (χ0n) is 11.0. The van der Waals surface area contributed by atoms with Gasteiger partial charge in [0, 0.05) is 23.5 Å². The lowest BCUT2D eigenvalue weighted by Crippen LogP contribution is -1.97. The summed E-state index contributed by atoms with van der Waals surface area (Å²) in [7, 11) is 1.55. The Morgan fingerprint density at radius 2 is 1.95 bits per heavy atom. The quantitative estimate of drug-likeness (QED) is 0.666. The minimum Gasteiger partial charge on any atom is -0.497 e. The van der Waals surface area contributed by atoms with Crippen LogP contribution in [0, 0.1) is 5.82 Å². The van der Waals surface area contributed by atoms with Crippen LogP contribution >= 0.6 is 0 Å². The Morgan fingerprint density at radius 3 is 2.65 bits per heavy atom. The molecule has 20 heavy (non-hydrogen) atoms. The summed E-state index contributed by atoms with van der Waals surface area (Å²) in [5.74, 6) is 0.196. The molecule has 2 aromatic rings. The Balaban J connectivity index is 2.00. The third-order valence-electron chi connectivity index (χ3n) is 2.68. The molecule has 0 amide bonds. The first-order valence-corrected chi connectivity index (χ1v) is 6.06. The summed E-state index contributed by atoms with van der Waals surface area (Å²) in [6, 6.07) is 12.8. The molecule has 102 valence electrons. The maximum atomic E-state index is 12.7. The van der Waals surface area contributed by atoms with Crippen molar-refractivity contribution < 1.29 is 13.9 Å². The van der Waals surface area contributed by atoms with Crippen molar-refractivity contribution in [1.29, 1.82) is 0 Å². The summed E-state index contributed by atoms with van der Waals surface area (Å²) in [4.78, 5) is 11.9. The van der Waals surface area contributed by atoms with Crippen molar-refractivity contribution in [2.24, 2.45) is 0 Å². The second kappa shape index (κ2) is 6.52. The predicted molar refractivity (Wildman–Crippen MR) is 76.5 cm³/mol. The fourth-order valence-electron chi connectivity index (χ4n) is 1.63. The SMILES string of the molecule is COc1cccc(C(=O)/C=C/Nc2ccc(F)cc2)c1. The van der Waals surface area contributed by atoms with Crippen LogP contribution in [0.4, 0.5) is 10.1 Å². The Hall–Kier alpha value is -2.62. The molecule has 0 aliphatic carbocycles. The minimum absolute atomic E-state index is 0.140. The molecule has 0 fully saturated rings. The van der Waals surface area contributed by atoms with Gasteiger partial charge in [-0.15, -0.1) is 0 Å². The summed E-state index contributed by atoms with van der Waals surface area (Å²) < 4.78 is 17.8. The molecule has 0 spiro atoms. The lowest BCUT2D eigenvalue weighted by Gasteiger charge is -2.02. The van der Waals surface area contributed by atoms with E-state index in [1.54, 1.807) is 43.5 Å². The lowest BCUT2D eigenvalue weighted by molar-refractivity contribution is 0.104. The molecule has 3 nitrogen and oxygen atoms in total. The average molecular weight is 271 g/mol. The molecule has 0 heterocycles. The molecule has 4 heteroatoms. The Morgan fingerprint density at radius 1 is 1.20 bits per heavy atom. The van der Waals surface area contributed by atoms with Gasteiger partial charge in [0.05, 0.1) is 7.11 Å². The number of methoxy groups -OCH3 is 1. The van der Waals surface area contributed by atoms with Crippen molar-refractivity contribution in [2.75, 3.05) is 12.4 Å². The van der Waals surface area contributed by atoms with Crippen molar-refractivity contribution in [3.05, 3.63) is 72.2 Å². The highest BCUT2D eigenvalue weighted by Gasteiger charge is 2.02. The van der Waals surface area contributed by atoms with Gasteiger partial charge in [0.1, 0.15) is 11.6 Å². The number of anilines is 1. The fraction of sp³-hybridized carbons (Fsp3) is 0.0625. The first-order chi connectivity index (χ1) is 9.69. The van der Waals surface area contributed by atoms with Crippen molar-refractivity contribution >= 4 is 11.5 Å². The molecule has 0 unspecified atom stereocenters. The van der Waals surface area contributed by atoms with E-state index in [-0.39, 0.29) is 11.6 Å². The van der Waals surface area contributed by atoms with Crippen LogP contribution in [-0.4, -0.2) is 12.9 Å². The number of nitrogens with one attached hydrogen (secondary N) is 1. The Kier molecular flexibility index (Phi) is 4.50. The molecule has 0 saturated heterocycles. The topological polar surface area (TPSA) is 38.3 Å². The Bertz CT molecular complexity index is 621. The number of hydrogen-bond acceptors (Lipinski definition) is 3. The first kappa shape index (κ1) is 13.8. The van der Waals surface area contributed by atoms with E-state index in [0.717, 1.165) is 0 Å². The number of ether oxygens (including phenoxy) is 1. The van der Waals surface area contributed by atoms with Gasteiger partial charge >= 0.3 is 0 Å². The molecule has 2 aromatic carbocycles. The average Bonchev–Trinajstić information content (AvgIpc) is 2.49. The summed E-state index contributed by atoms with van der Waals surface area (Å²) in [6.07, 6.45) is 2.94. The van der Waals surface area contributed by atoms with Crippen LogP contribution < -0.4 is 10.1 Å². The van der Waals surface area contributed by atoms with Crippen molar-refractivity contribution in [2.45, 2.75) is 0 Å². The molecule has 0 atom stereocenters. The molecule has 0 radical (unpaired) electrons. The molecule has 2 rings (SSSR count). The smallest absolute Gasteiger partial charge is 0.187 e. The van der Waals surface area contributed by atoms with E-state index in [1.165, 1.54) is 24.4 Å². The fourth-order valence-corrected chi connectivity index (χ4v) is 1.63. The number of hydrogen-bond donors (Lipinski definition) is 1. The number of ketones is 1. The second-order valence-electron chi connectivity index (χ2n) is 4.08. The maximum absolute atomic E-state index is 12.7. The van der Waals surface area contributed by atoms with Gasteiger partial charge in [0.25, 0.3) is 0 Å². The van der Waals surface area contributed by atoms with E-state index in [2.05, 4.69) is 5.32 Å². The summed E-state index contributed by atoms with van der Waals surface area (Å²) in [5.41, 5.74) is 1.25. The van der Waals surface area contributed by atoms with Gasteiger partial charge in [-0.05, 0) is 36.4 Å². The van der Waals surface area contributed by atoms with Gasteiger partial charge in [-0.3, -0.25) is 4.79 Å². The van der Waals surface area contributed by atoms with Crippen LogP contribution in [0.1, 0.15) is 10.4 Å². The number of rotatable bonds is 5. The summed E-state index contributed by atoms with van der Waals surface area (Å²) >= 11 is 0. The molecule has 1 N–H and O–H groups in total. The van der Waals surface area contributed by atoms with Crippen LogP contribution in [0.2, 0.25) is 0 Å². The molecule has 0 aliphatic heterocycles. The number of benzene rings is 2. The van der Waals surface area contributed by atoms with Gasteiger partial charge in [0.15, 0.2) is 5.78 Å². The number of carbonyl (C=O) groups excluding carboxylic acids is 1. The molecule has 0 aliphatic rings. The third-order valence-corrected chi connectivity index (χ3v) is 2.68. The van der Waals surface area contributed by atoms with Gasteiger partial charge in [-0.2, -0.15) is 0 Å². The van der Waals surface area contributed by atoms with Crippen LogP contribution in [0.15, 0.2) is 60.8 Å². The van der Waals surface area contributed by atoms with Gasteiger partial charge in [-0.1, -0.05) is 12.1 Å². The highest BCUT2D eigenvalue weighted by atomic mass is 19.1. The van der Waals surface area contributed by atoms with E-state index in [9.17, 15) is 9.18 Å². The molecular formula is C16H14FNO2. The highest BCUT2D eigenvalue weighted by Crippen LogP contribution is 2.13. The van der Waals surface area contributed by atoms with E-state index in [1.807, 2.05) is 0 Å². The number of halogens is 1. The zero-order valence-corrected chi connectivity index (χ0v) is 11.0.